The molecule has 0 fully saturated rings. The van der Waals surface area contributed by atoms with Crippen LogP contribution in [0.4, 0.5) is 0 Å². The van der Waals surface area contributed by atoms with E-state index in [4.69, 9.17) is 0 Å². The molecular weight excluding hydrogens is 537 g/mol. The molecule has 1 heterocycles. The van der Waals surface area contributed by atoms with E-state index in [0.717, 1.165) is 12.8 Å². The van der Waals surface area contributed by atoms with Crippen LogP contribution >= 0.6 is 11.3 Å². The van der Waals surface area contributed by atoms with E-state index < -0.39 is 0 Å². The van der Waals surface area contributed by atoms with Gasteiger partial charge in [0.1, 0.15) is 0 Å². The highest BCUT2D eigenvalue weighted by molar-refractivity contribution is 7.25. The molecule has 0 nitrogen and oxygen atoms in total. The van der Waals surface area contributed by atoms with Gasteiger partial charge in [0.15, 0.2) is 0 Å². The zero-order valence-electron chi connectivity index (χ0n) is 23.7. The zero-order chi connectivity index (χ0) is 28.3. The van der Waals surface area contributed by atoms with Gasteiger partial charge < -0.3 is 0 Å². The zero-order valence-corrected chi connectivity index (χ0v) is 24.5. The van der Waals surface area contributed by atoms with E-state index in [1.54, 1.807) is 0 Å². The van der Waals surface area contributed by atoms with Crippen LogP contribution in [-0.4, -0.2) is 0 Å². The first-order valence-electron chi connectivity index (χ1n) is 15.1. The Labute approximate surface area is 254 Å². The molecule has 1 aliphatic rings. The highest BCUT2D eigenvalue weighted by Gasteiger charge is 2.18. The normalized spacial score (nSPS) is 13.4. The first-order chi connectivity index (χ1) is 21.3. The van der Waals surface area contributed by atoms with Gasteiger partial charge in [0.05, 0.1) is 0 Å². The number of hydrogen-bond acceptors (Lipinski definition) is 1. The number of hydrogen-bond donors (Lipinski definition) is 0. The molecule has 0 unspecified atom stereocenters. The highest BCUT2D eigenvalue weighted by atomic mass is 32.1. The smallest absolute Gasteiger partial charge is 0.0355 e. The summed E-state index contributed by atoms with van der Waals surface area (Å²) in [6, 6.07) is 47.4. The second-order valence-electron chi connectivity index (χ2n) is 11.6. The lowest BCUT2D eigenvalue weighted by atomic mass is 9.84. The van der Waals surface area contributed by atoms with Gasteiger partial charge in [0.25, 0.3) is 0 Å². The van der Waals surface area contributed by atoms with E-state index in [9.17, 15) is 0 Å². The van der Waals surface area contributed by atoms with Crippen LogP contribution < -0.4 is 0 Å². The fourth-order valence-corrected chi connectivity index (χ4v) is 8.10. The summed E-state index contributed by atoms with van der Waals surface area (Å²) in [5, 5.41) is 10.5. The van der Waals surface area contributed by atoms with Crippen molar-refractivity contribution in [2.45, 2.75) is 12.8 Å². The van der Waals surface area contributed by atoms with E-state index in [1.165, 1.54) is 85.9 Å². The number of thiophene rings is 1. The maximum Gasteiger partial charge on any atom is 0.0355 e. The van der Waals surface area contributed by atoms with Gasteiger partial charge in [-0.1, -0.05) is 115 Å². The van der Waals surface area contributed by atoms with E-state index in [1.807, 2.05) is 11.3 Å². The molecule has 43 heavy (non-hydrogen) atoms. The van der Waals surface area contributed by atoms with Crippen LogP contribution in [-0.2, 0) is 0 Å². The van der Waals surface area contributed by atoms with Crippen LogP contribution in [0.25, 0.3) is 80.3 Å². The van der Waals surface area contributed by atoms with E-state index in [0.29, 0.717) is 0 Å². The molecule has 0 N–H and O–H groups in total. The van der Waals surface area contributed by atoms with Gasteiger partial charge >= 0.3 is 0 Å². The Kier molecular flexibility index (Phi) is 5.61. The SMILES string of the molecule is C1=CC(c2c3ccccc3c(-c3ccc4sc5ccc(-c6ccc7ccccc7c6)cc5c4c3)c3ccccc23)=CCC1. The summed E-state index contributed by atoms with van der Waals surface area (Å²) in [4.78, 5) is 0. The summed E-state index contributed by atoms with van der Waals surface area (Å²) < 4.78 is 2.66. The molecule has 7 aromatic carbocycles. The molecule has 0 spiro atoms. The van der Waals surface area contributed by atoms with Crippen molar-refractivity contribution in [1.82, 2.24) is 0 Å². The van der Waals surface area contributed by atoms with Crippen molar-refractivity contribution >= 4 is 69.4 Å². The molecule has 1 heteroatoms. The Morgan fingerprint density at radius 3 is 1.65 bits per heavy atom. The second kappa shape index (κ2) is 9.80. The van der Waals surface area contributed by atoms with Gasteiger partial charge in [-0.25, -0.2) is 0 Å². The third-order valence-electron chi connectivity index (χ3n) is 9.06. The maximum atomic E-state index is 2.44. The summed E-state index contributed by atoms with van der Waals surface area (Å²) in [6.45, 7) is 0. The van der Waals surface area contributed by atoms with Gasteiger partial charge in [-0.15, -0.1) is 11.3 Å². The fourth-order valence-electron chi connectivity index (χ4n) is 7.03. The average Bonchev–Trinajstić information content (AvgIpc) is 3.44. The van der Waals surface area contributed by atoms with Gasteiger partial charge in [0, 0.05) is 20.2 Å². The molecule has 8 aromatic rings. The monoisotopic (exact) mass is 564 g/mol. The molecule has 0 atom stereocenters. The van der Waals surface area contributed by atoms with Gasteiger partial charge in [0.2, 0.25) is 0 Å². The molecule has 1 aliphatic carbocycles. The summed E-state index contributed by atoms with van der Waals surface area (Å²) in [7, 11) is 0. The van der Waals surface area contributed by atoms with E-state index in [-0.39, 0.29) is 0 Å². The minimum absolute atomic E-state index is 1.10. The Morgan fingerprint density at radius 1 is 0.419 bits per heavy atom. The molecule has 1 aromatic heterocycles. The molecule has 0 saturated carbocycles. The van der Waals surface area contributed by atoms with Crippen molar-refractivity contribution in [3.63, 3.8) is 0 Å². The summed E-state index contributed by atoms with van der Waals surface area (Å²) >= 11 is 1.89. The van der Waals surface area contributed by atoms with Crippen LogP contribution in [0.3, 0.4) is 0 Å². The average molecular weight is 565 g/mol. The van der Waals surface area contributed by atoms with Crippen molar-refractivity contribution < 1.29 is 0 Å². The van der Waals surface area contributed by atoms with Crippen LogP contribution in [0.1, 0.15) is 18.4 Å². The Bertz CT molecular complexity index is 2390. The third kappa shape index (κ3) is 3.96. The Balaban J connectivity index is 1.28. The molecule has 9 rings (SSSR count). The number of benzene rings is 7. The molecule has 0 radical (unpaired) electrons. The summed E-state index contributed by atoms with van der Waals surface area (Å²) in [5.74, 6) is 0. The second-order valence-corrected chi connectivity index (χ2v) is 12.6. The van der Waals surface area contributed by atoms with Crippen LogP contribution in [0.15, 0.2) is 146 Å². The molecule has 0 aliphatic heterocycles. The molecule has 0 saturated heterocycles. The number of fused-ring (bicyclic) bond motifs is 6. The van der Waals surface area contributed by atoms with Crippen molar-refractivity contribution in [2.75, 3.05) is 0 Å². The third-order valence-corrected chi connectivity index (χ3v) is 10.2. The molecule has 0 bridgehead atoms. The van der Waals surface area contributed by atoms with E-state index in [2.05, 4.69) is 146 Å². The van der Waals surface area contributed by atoms with Crippen molar-refractivity contribution in [3.05, 3.63) is 151 Å². The Morgan fingerprint density at radius 2 is 0.977 bits per heavy atom. The van der Waals surface area contributed by atoms with Crippen molar-refractivity contribution in [3.8, 4) is 22.3 Å². The van der Waals surface area contributed by atoms with Crippen LogP contribution in [0, 0.1) is 0 Å². The van der Waals surface area contributed by atoms with Gasteiger partial charge in [-0.05, 0) is 109 Å². The highest BCUT2D eigenvalue weighted by Crippen LogP contribution is 2.45. The van der Waals surface area contributed by atoms with Crippen LogP contribution in [0.5, 0.6) is 0 Å². The fraction of sp³-hybridized carbons (Fsp3) is 0.0476. The molecule has 202 valence electrons. The van der Waals surface area contributed by atoms with Gasteiger partial charge in [-0.2, -0.15) is 0 Å². The van der Waals surface area contributed by atoms with Crippen LogP contribution in [0.2, 0.25) is 0 Å². The predicted octanol–water partition coefficient (Wildman–Crippen LogP) is 12.6. The predicted molar refractivity (Wildman–Crippen MR) is 189 cm³/mol. The van der Waals surface area contributed by atoms with E-state index >= 15 is 0 Å². The maximum absolute atomic E-state index is 2.44. The van der Waals surface area contributed by atoms with Gasteiger partial charge in [-0.3, -0.25) is 0 Å². The summed E-state index contributed by atoms with van der Waals surface area (Å²) in [6.07, 6.45) is 9.25. The minimum atomic E-state index is 1.10. The number of rotatable bonds is 3. The lowest BCUT2D eigenvalue weighted by molar-refractivity contribution is 1.04. The largest absolute Gasteiger partial charge is 0.135 e. The lowest BCUT2D eigenvalue weighted by Crippen LogP contribution is -1.94. The Hall–Kier alpha value is -4.98. The first-order valence-corrected chi connectivity index (χ1v) is 15.9. The quantitative estimate of drug-likeness (QED) is 0.187. The summed E-state index contributed by atoms with van der Waals surface area (Å²) in [5.41, 5.74) is 7.81. The lowest BCUT2D eigenvalue weighted by Gasteiger charge is -2.19. The van der Waals surface area contributed by atoms with Crippen molar-refractivity contribution in [2.24, 2.45) is 0 Å². The number of allylic oxidation sites excluding steroid dienone is 4. The molecular formula is C42H28S. The first kappa shape index (κ1) is 24.6. The standard InChI is InChI=1S/C42H28S/c1-2-11-28(12-3-1)41-33-14-6-8-16-35(33)42(36-17-9-7-15-34(36)41)32-21-23-40-38(26-32)37-25-31(20-22-39(37)43-40)30-19-18-27-10-4-5-13-29(27)24-30/h2,4-26H,1,3H2. The minimum Gasteiger partial charge on any atom is -0.135 e. The van der Waals surface area contributed by atoms with Crippen molar-refractivity contribution in [1.29, 1.82) is 0 Å². The topological polar surface area (TPSA) is 0 Å². The molecule has 0 amide bonds.